The van der Waals surface area contributed by atoms with Gasteiger partial charge in [-0.05, 0) is 69.9 Å². The molecule has 1 N–H and O–H groups in total. The predicted molar refractivity (Wildman–Crippen MR) is 88.0 cm³/mol. The van der Waals surface area contributed by atoms with E-state index in [0.717, 1.165) is 29.8 Å². The zero-order chi connectivity index (χ0) is 14.5. The lowest BCUT2D eigenvalue weighted by Gasteiger charge is -2.43. The SMILES string of the molecule is CCCNC1CCC(C(C)C)CC1CN(C)C1CCC1. The van der Waals surface area contributed by atoms with Crippen LogP contribution in [-0.2, 0) is 0 Å². The molecule has 0 amide bonds. The molecule has 0 heterocycles. The van der Waals surface area contributed by atoms with Crippen molar-refractivity contribution in [3.63, 3.8) is 0 Å². The summed E-state index contributed by atoms with van der Waals surface area (Å²) in [7, 11) is 2.36. The van der Waals surface area contributed by atoms with Gasteiger partial charge in [-0.3, -0.25) is 0 Å². The Labute approximate surface area is 126 Å². The van der Waals surface area contributed by atoms with E-state index in [1.54, 1.807) is 0 Å². The molecular weight excluding hydrogens is 244 g/mol. The topological polar surface area (TPSA) is 15.3 Å². The van der Waals surface area contributed by atoms with E-state index >= 15 is 0 Å². The molecule has 2 heteroatoms. The van der Waals surface area contributed by atoms with Crippen molar-refractivity contribution < 1.29 is 0 Å². The minimum absolute atomic E-state index is 0.771. The maximum absolute atomic E-state index is 3.83. The first-order valence-corrected chi connectivity index (χ1v) is 9.05. The molecule has 0 aromatic carbocycles. The molecule has 20 heavy (non-hydrogen) atoms. The molecule has 3 atom stereocenters. The highest BCUT2D eigenvalue weighted by molar-refractivity contribution is 4.89. The maximum atomic E-state index is 3.83. The molecule has 2 rings (SSSR count). The smallest absolute Gasteiger partial charge is 0.0108 e. The number of hydrogen-bond donors (Lipinski definition) is 1. The molecule has 0 aromatic rings. The Hall–Kier alpha value is -0.0800. The van der Waals surface area contributed by atoms with Gasteiger partial charge in [0, 0.05) is 18.6 Å². The van der Waals surface area contributed by atoms with Crippen molar-refractivity contribution in [3.05, 3.63) is 0 Å². The first-order valence-electron chi connectivity index (χ1n) is 9.05. The lowest BCUT2D eigenvalue weighted by Crippen LogP contribution is -2.48. The molecular formula is C18H36N2. The second kappa shape index (κ2) is 7.79. The second-order valence-corrected chi connectivity index (χ2v) is 7.66. The van der Waals surface area contributed by atoms with E-state index in [-0.39, 0.29) is 0 Å². The minimum Gasteiger partial charge on any atom is -0.314 e. The van der Waals surface area contributed by atoms with Crippen molar-refractivity contribution in [2.75, 3.05) is 20.1 Å². The zero-order valence-corrected chi connectivity index (χ0v) is 14.2. The van der Waals surface area contributed by atoms with Gasteiger partial charge in [0.25, 0.3) is 0 Å². The summed E-state index contributed by atoms with van der Waals surface area (Å²) in [6.45, 7) is 9.62. The fourth-order valence-corrected chi connectivity index (χ4v) is 4.05. The first kappa shape index (κ1) is 16.3. The third-order valence-corrected chi connectivity index (χ3v) is 5.84. The van der Waals surface area contributed by atoms with E-state index in [9.17, 15) is 0 Å². The summed E-state index contributed by atoms with van der Waals surface area (Å²) in [5.74, 6) is 2.68. The highest BCUT2D eigenvalue weighted by Gasteiger charge is 2.33. The summed E-state index contributed by atoms with van der Waals surface area (Å²) < 4.78 is 0. The lowest BCUT2D eigenvalue weighted by molar-refractivity contribution is 0.0878. The molecule has 2 fully saturated rings. The maximum Gasteiger partial charge on any atom is 0.0108 e. The van der Waals surface area contributed by atoms with Crippen LogP contribution in [0.3, 0.4) is 0 Å². The Morgan fingerprint density at radius 1 is 1.15 bits per heavy atom. The molecule has 0 saturated heterocycles. The standard InChI is InChI=1S/C18H36N2/c1-5-11-19-18-10-9-15(14(2)3)12-16(18)13-20(4)17-7-6-8-17/h14-19H,5-13H2,1-4H3. The van der Waals surface area contributed by atoms with Gasteiger partial charge in [-0.2, -0.15) is 0 Å². The van der Waals surface area contributed by atoms with Crippen molar-refractivity contribution >= 4 is 0 Å². The van der Waals surface area contributed by atoms with Gasteiger partial charge in [0.05, 0.1) is 0 Å². The van der Waals surface area contributed by atoms with Crippen LogP contribution in [0.5, 0.6) is 0 Å². The quantitative estimate of drug-likeness (QED) is 0.760. The molecule has 118 valence electrons. The van der Waals surface area contributed by atoms with Crippen LogP contribution in [-0.4, -0.2) is 37.1 Å². The first-order chi connectivity index (χ1) is 9.61. The van der Waals surface area contributed by atoms with Crippen LogP contribution in [0, 0.1) is 17.8 Å². The van der Waals surface area contributed by atoms with Gasteiger partial charge in [-0.25, -0.2) is 0 Å². The van der Waals surface area contributed by atoms with Gasteiger partial charge < -0.3 is 10.2 Å². The van der Waals surface area contributed by atoms with Gasteiger partial charge in [-0.15, -0.1) is 0 Å². The van der Waals surface area contributed by atoms with E-state index in [2.05, 4.69) is 38.0 Å². The highest BCUT2D eigenvalue weighted by atomic mass is 15.1. The third kappa shape index (κ3) is 4.21. The Balaban J connectivity index is 1.89. The largest absolute Gasteiger partial charge is 0.314 e. The Morgan fingerprint density at radius 3 is 2.45 bits per heavy atom. The number of nitrogens with one attached hydrogen (secondary N) is 1. The van der Waals surface area contributed by atoms with Crippen LogP contribution in [0.2, 0.25) is 0 Å². The van der Waals surface area contributed by atoms with Crippen LogP contribution < -0.4 is 5.32 Å². The fraction of sp³-hybridized carbons (Fsp3) is 1.00. The fourth-order valence-electron chi connectivity index (χ4n) is 4.05. The summed E-state index contributed by atoms with van der Waals surface area (Å²) in [5.41, 5.74) is 0. The highest BCUT2D eigenvalue weighted by Crippen LogP contribution is 2.35. The summed E-state index contributed by atoms with van der Waals surface area (Å²) >= 11 is 0. The molecule has 2 nitrogen and oxygen atoms in total. The molecule has 0 radical (unpaired) electrons. The lowest BCUT2D eigenvalue weighted by atomic mass is 9.73. The van der Waals surface area contributed by atoms with Crippen LogP contribution in [0.4, 0.5) is 0 Å². The molecule has 3 unspecified atom stereocenters. The van der Waals surface area contributed by atoms with E-state index in [1.807, 2.05) is 0 Å². The van der Waals surface area contributed by atoms with Gasteiger partial charge in [0.1, 0.15) is 0 Å². The van der Waals surface area contributed by atoms with Crippen LogP contribution in [0.15, 0.2) is 0 Å². The molecule has 0 aliphatic heterocycles. The van der Waals surface area contributed by atoms with Gasteiger partial charge in [0.2, 0.25) is 0 Å². The summed E-state index contributed by atoms with van der Waals surface area (Å²) in [6.07, 6.45) is 9.85. The molecule has 2 saturated carbocycles. The summed E-state index contributed by atoms with van der Waals surface area (Å²) in [5, 5.41) is 3.83. The molecule has 0 spiro atoms. The van der Waals surface area contributed by atoms with Crippen molar-refractivity contribution in [3.8, 4) is 0 Å². The van der Waals surface area contributed by atoms with Gasteiger partial charge in [0.15, 0.2) is 0 Å². The van der Waals surface area contributed by atoms with Crippen molar-refractivity contribution in [1.82, 2.24) is 10.2 Å². The van der Waals surface area contributed by atoms with Crippen LogP contribution in [0.25, 0.3) is 0 Å². The Bertz CT molecular complexity index is 273. The second-order valence-electron chi connectivity index (χ2n) is 7.66. The van der Waals surface area contributed by atoms with Gasteiger partial charge in [-0.1, -0.05) is 27.2 Å². The van der Waals surface area contributed by atoms with E-state index in [4.69, 9.17) is 0 Å². The monoisotopic (exact) mass is 280 g/mol. The van der Waals surface area contributed by atoms with Crippen molar-refractivity contribution in [2.45, 2.75) is 77.8 Å². The zero-order valence-electron chi connectivity index (χ0n) is 14.2. The summed E-state index contributed by atoms with van der Waals surface area (Å²) in [6, 6.07) is 1.66. The van der Waals surface area contributed by atoms with E-state index < -0.39 is 0 Å². The molecule has 0 bridgehead atoms. The molecule has 0 aromatic heterocycles. The molecule has 2 aliphatic carbocycles. The van der Waals surface area contributed by atoms with Crippen LogP contribution in [0.1, 0.15) is 65.7 Å². The number of hydrogen-bond acceptors (Lipinski definition) is 2. The van der Waals surface area contributed by atoms with Crippen molar-refractivity contribution in [1.29, 1.82) is 0 Å². The molecule has 2 aliphatic rings. The van der Waals surface area contributed by atoms with Gasteiger partial charge >= 0.3 is 0 Å². The number of nitrogens with zero attached hydrogens (tertiary/aromatic N) is 1. The van der Waals surface area contributed by atoms with Crippen LogP contribution >= 0.6 is 0 Å². The van der Waals surface area contributed by atoms with Crippen molar-refractivity contribution in [2.24, 2.45) is 17.8 Å². The normalized spacial score (nSPS) is 31.8. The average molecular weight is 280 g/mol. The van der Waals surface area contributed by atoms with E-state index in [1.165, 1.54) is 58.0 Å². The van der Waals surface area contributed by atoms with E-state index in [0.29, 0.717) is 0 Å². The minimum atomic E-state index is 0.771. The number of rotatable bonds is 7. The average Bonchev–Trinajstić information content (AvgIpc) is 2.34. The third-order valence-electron chi connectivity index (χ3n) is 5.84. The summed E-state index contributed by atoms with van der Waals surface area (Å²) in [4.78, 5) is 2.66. The Morgan fingerprint density at radius 2 is 1.90 bits per heavy atom. The Kier molecular flexibility index (Phi) is 6.35. The predicted octanol–water partition coefficient (Wildman–Crippen LogP) is 3.91.